The summed E-state index contributed by atoms with van der Waals surface area (Å²) in [5.74, 6) is -0.0575. The number of carbonyl (C=O) groups is 2. The SMILES string of the molecule is C[C@H]1OC[C@@H](CC(=O)c2ccccc2)ON1C(=O)OC(C)(C)C. The molecule has 0 radical (unpaired) electrons. The van der Waals surface area contributed by atoms with Crippen molar-refractivity contribution in [2.45, 2.75) is 52.0 Å². The molecular formula is C17H23NO5. The molecule has 1 aliphatic rings. The third-order valence-corrected chi connectivity index (χ3v) is 3.20. The molecular weight excluding hydrogens is 298 g/mol. The van der Waals surface area contributed by atoms with Gasteiger partial charge in [0.15, 0.2) is 12.0 Å². The average Bonchev–Trinajstić information content (AvgIpc) is 2.48. The Balaban J connectivity index is 1.97. The van der Waals surface area contributed by atoms with E-state index < -0.39 is 24.0 Å². The molecule has 0 aliphatic carbocycles. The Morgan fingerprint density at radius 1 is 1.26 bits per heavy atom. The molecule has 2 rings (SSSR count). The standard InChI is InChI=1S/C17H23NO5/c1-12-18(16(20)22-17(2,3)4)23-14(11-21-12)10-15(19)13-8-6-5-7-9-13/h5-9,12,14H,10-11H2,1-4H3/t12-,14-/m1/s1. The van der Waals surface area contributed by atoms with Crippen molar-refractivity contribution in [3.05, 3.63) is 35.9 Å². The molecule has 0 unspecified atom stereocenters. The van der Waals surface area contributed by atoms with Gasteiger partial charge in [0.25, 0.3) is 0 Å². The van der Waals surface area contributed by atoms with Crippen molar-refractivity contribution >= 4 is 11.9 Å². The molecule has 0 bridgehead atoms. The van der Waals surface area contributed by atoms with Gasteiger partial charge in [0, 0.05) is 12.0 Å². The van der Waals surface area contributed by atoms with Crippen LogP contribution < -0.4 is 0 Å². The van der Waals surface area contributed by atoms with E-state index in [1.807, 2.05) is 6.07 Å². The fourth-order valence-electron chi connectivity index (χ4n) is 2.13. The Hall–Kier alpha value is -1.92. The van der Waals surface area contributed by atoms with Crippen LogP contribution in [0.4, 0.5) is 4.79 Å². The van der Waals surface area contributed by atoms with E-state index in [-0.39, 0.29) is 18.8 Å². The summed E-state index contributed by atoms with van der Waals surface area (Å²) in [4.78, 5) is 30.0. The van der Waals surface area contributed by atoms with Gasteiger partial charge in [-0.2, -0.15) is 5.06 Å². The minimum absolute atomic E-state index is 0.0575. The topological polar surface area (TPSA) is 65.1 Å². The quantitative estimate of drug-likeness (QED) is 0.800. The van der Waals surface area contributed by atoms with Gasteiger partial charge >= 0.3 is 6.09 Å². The third kappa shape index (κ3) is 5.04. The number of ether oxygens (including phenoxy) is 2. The molecule has 2 atom stereocenters. The fourth-order valence-corrected chi connectivity index (χ4v) is 2.13. The zero-order valence-corrected chi connectivity index (χ0v) is 13.9. The lowest BCUT2D eigenvalue weighted by Gasteiger charge is -2.37. The molecule has 1 heterocycles. The van der Waals surface area contributed by atoms with Gasteiger partial charge in [0.2, 0.25) is 0 Å². The first-order chi connectivity index (χ1) is 10.8. The van der Waals surface area contributed by atoms with Crippen LogP contribution in [-0.2, 0) is 14.3 Å². The second-order valence-electron chi connectivity index (χ2n) is 6.46. The Kier molecular flexibility index (Phi) is 5.38. The van der Waals surface area contributed by atoms with Gasteiger partial charge in [-0.25, -0.2) is 4.79 Å². The molecule has 126 valence electrons. The molecule has 23 heavy (non-hydrogen) atoms. The summed E-state index contributed by atoms with van der Waals surface area (Å²) in [6.07, 6.45) is -1.57. The summed E-state index contributed by atoms with van der Waals surface area (Å²) < 4.78 is 10.8. The summed E-state index contributed by atoms with van der Waals surface area (Å²) in [5, 5.41) is 1.05. The van der Waals surface area contributed by atoms with E-state index in [1.54, 1.807) is 52.0 Å². The molecule has 0 N–H and O–H groups in total. The van der Waals surface area contributed by atoms with Crippen molar-refractivity contribution in [2.75, 3.05) is 6.61 Å². The molecule has 0 aromatic heterocycles. The highest BCUT2D eigenvalue weighted by Crippen LogP contribution is 2.20. The predicted octanol–water partition coefficient (Wildman–Crippen LogP) is 3.17. The molecule has 0 spiro atoms. The van der Waals surface area contributed by atoms with Crippen molar-refractivity contribution in [1.29, 1.82) is 0 Å². The van der Waals surface area contributed by atoms with Crippen molar-refractivity contribution in [3.8, 4) is 0 Å². The molecule has 0 saturated carbocycles. The Bertz CT molecular complexity index is 552. The van der Waals surface area contributed by atoms with Crippen LogP contribution >= 0.6 is 0 Å². The zero-order chi connectivity index (χ0) is 17.0. The minimum atomic E-state index is -0.632. The minimum Gasteiger partial charge on any atom is -0.442 e. The molecule has 1 saturated heterocycles. The highest BCUT2D eigenvalue weighted by Gasteiger charge is 2.35. The highest BCUT2D eigenvalue weighted by molar-refractivity contribution is 5.96. The van der Waals surface area contributed by atoms with Gasteiger partial charge in [0.05, 0.1) is 6.61 Å². The second kappa shape index (κ2) is 7.10. The molecule has 6 nitrogen and oxygen atoms in total. The van der Waals surface area contributed by atoms with Crippen LogP contribution in [-0.4, -0.2) is 41.5 Å². The number of carbonyl (C=O) groups excluding carboxylic acids is 2. The highest BCUT2D eigenvalue weighted by atomic mass is 16.8. The number of ketones is 1. The maximum Gasteiger partial charge on any atom is 0.437 e. The lowest BCUT2D eigenvalue weighted by atomic mass is 10.1. The molecule has 1 aliphatic heterocycles. The number of nitrogens with zero attached hydrogens (tertiary/aromatic N) is 1. The molecule has 6 heteroatoms. The van der Waals surface area contributed by atoms with Crippen LogP contribution in [0.3, 0.4) is 0 Å². The van der Waals surface area contributed by atoms with Crippen molar-refractivity contribution in [3.63, 3.8) is 0 Å². The maximum atomic E-state index is 12.2. The van der Waals surface area contributed by atoms with Crippen LogP contribution in [0.5, 0.6) is 0 Å². The summed E-state index contributed by atoms with van der Waals surface area (Å²) >= 11 is 0. The molecule has 1 fully saturated rings. The molecule has 1 aromatic rings. The van der Waals surface area contributed by atoms with Crippen molar-refractivity contribution in [1.82, 2.24) is 5.06 Å². The first-order valence-electron chi connectivity index (χ1n) is 7.65. The van der Waals surface area contributed by atoms with Gasteiger partial charge in [-0.05, 0) is 27.7 Å². The van der Waals surface area contributed by atoms with Gasteiger partial charge in [-0.1, -0.05) is 30.3 Å². The summed E-state index contributed by atoms with van der Waals surface area (Å²) in [7, 11) is 0. The predicted molar refractivity (Wildman–Crippen MR) is 83.7 cm³/mol. The lowest BCUT2D eigenvalue weighted by Crippen LogP contribution is -2.51. The van der Waals surface area contributed by atoms with E-state index in [0.717, 1.165) is 5.06 Å². The number of amides is 1. The number of Topliss-reactive ketones (excluding diaryl/α,β-unsaturated/α-hetero) is 1. The monoisotopic (exact) mass is 321 g/mol. The van der Waals surface area contributed by atoms with Crippen LogP contribution in [0, 0.1) is 0 Å². The summed E-state index contributed by atoms with van der Waals surface area (Å²) in [6, 6.07) is 8.96. The van der Waals surface area contributed by atoms with Gasteiger partial charge < -0.3 is 9.47 Å². The second-order valence-corrected chi connectivity index (χ2v) is 6.46. The third-order valence-electron chi connectivity index (χ3n) is 3.20. The van der Waals surface area contributed by atoms with Gasteiger partial charge in [0.1, 0.15) is 11.7 Å². The van der Waals surface area contributed by atoms with Gasteiger partial charge in [-0.15, -0.1) is 0 Å². The normalized spacial score (nSPS) is 21.8. The van der Waals surface area contributed by atoms with E-state index in [4.69, 9.17) is 14.3 Å². The van der Waals surface area contributed by atoms with Crippen LogP contribution in [0.25, 0.3) is 0 Å². The summed E-state index contributed by atoms with van der Waals surface area (Å²) in [6.45, 7) is 7.27. The number of rotatable bonds is 3. The van der Waals surface area contributed by atoms with E-state index in [2.05, 4.69) is 0 Å². The largest absolute Gasteiger partial charge is 0.442 e. The van der Waals surface area contributed by atoms with E-state index >= 15 is 0 Å². The number of hydrogen-bond donors (Lipinski definition) is 0. The lowest BCUT2D eigenvalue weighted by molar-refractivity contribution is -0.303. The van der Waals surface area contributed by atoms with E-state index in [9.17, 15) is 9.59 Å². The first kappa shape index (κ1) is 17.4. The van der Waals surface area contributed by atoms with E-state index in [1.165, 1.54) is 0 Å². The summed E-state index contributed by atoms with van der Waals surface area (Å²) in [5.41, 5.74) is -0.0222. The van der Waals surface area contributed by atoms with Crippen molar-refractivity contribution in [2.24, 2.45) is 0 Å². The Morgan fingerprint density at radius 2 is 1.91 bits per heavy atom. The average molecular weight is 321 g/mol. The van der Waals surface area contributed by atoms with E-state index in [0.29, 0.717) is 5.56 Å². The van der Waals surface area contributed by atoms with Crippen LogP contribution in [0.15, 0.2) is 30.3 Å². The number of benzene rings is 1. The van der Waals surface area contributed by atoms with Crippen LogP contribution in [0.2, 0.25) is 0 Å². The number of hydrogen-bond acceptors (Lipinski definition) is 5. The van der Waals surface area contributed by atoms with Crippen molar-refractivity contribution < 1.29 is 23.9 Å². The zero-order valence-electron chi connectivity index (χ0n) is 13.9. The fraction of sp³-hybridized carbons (Fsp3) is 0.529. The first-order valence-corrected chi connectivity index (χ1v) is 7.65. The number of hydroxylamine groups is 2. The maximum absolute atomic E-state index is 12.2. The Morgan fingerprint density at radius 3 is 2.52 bits per heavy atom. The van der Waals surface area contributed by atoms with Crippen LogP contribution in [0.1, 0.15) is 44.5 Å². The Labute approximate surface area is 136 Å². The molecule has 1 amide bonds. The smallest absolute Gasteiger partial charge is 0.437 e. The van der Waals surface area contributed by atoms with Gasteiger partial charge in [-0.3, -0.25) is 9.63 Å². The molecule has 1 aromatic carbocycles.